The minimum Gasteiger partial charge on any atom is -0.354 e. The number of fused-ring (bicyclic) bond motifs is 1. The largest absolute Gasteiger partial charge is 0.354 e. The predicted molar refractivity (Wildman–Crippen MR) is 106 cm³/mol. The van der Waals surface area contributed by atoms with Crippen LogP contribution in [0, 0.1) is 13.8 Å². The molecule has 0 aliphatic carbocycles. The van der Waals surface area contributed by atoms with Crippen LogP contribution >= 0.6 is 15.9 Å². The van der Waals surface area contributed by atoms with Gasteiger partial charge in [0.05, 0.1) is 4.90 Å². The van der Waals surface area contributed by atoms with Gasteiger partial charge in [-0.05, 0) is 61.4 Å². The Kier molecular flexibility index (Phi) is 4.81. The van der Waals surface area contributed by atoms with Crippen LogP contribution in [-0.2, 0) is 10.0 Å². The number of aromatic nitrogens is 1. The number of rotatable bonds is 4. The van der Waals surface area contributed by atoms with Gasteiger partial charge >= 0.3 is 0 Å². The number of aryl methyl sites for hydroxylation is 2. The predicted octanol–water partition coefficient (Wildman–Crippen LogP) is 3.71. The number of carbonyl (C=O) groups excluding carboxylic acids is 1. The fourth-order valence-corrected chi connectivity index (χ4v) is 4.53. The third-order valence-corrected chi connectivity index (χ3v) is 6.47. The maximum Gasteiger partial charge on any atom is 0.267 e. The Morgan fingerprint density at radius 3 is 2.50 bits per heavy atom. The van der Waals surface area contributed by atoms with Crippen molar-refractivity contribution in [2.24, 2.45) is 0 Å². The van der Waals surface area contributed by atoms with E-state index in [1.54, 1.807) is 50.4 Å². The van der Waals surface area contributed by atoms with Crippen LogP contribution in [0.1, 0.15) is 21.6 Å². The Labute approximate surface area is 160 Å². The lowest BCUT2D eigenvalue weighted by Gasteiger charge is -2.12. The highest BCUT2D eigenvalue weighted by atomic mass is 79.9. The van der Waals surface area contributed by atoms with E-state index in [-0.39, 0.29) is 10.8 Å². The zero-order chi connectivity index (χ0) is 19.1. The van der Waals surface area contributed by atoms with E-state index in [0.29, 0.717) is 16.9 Å². The maximum absolute atomic E-state index is 12.8. The Balaban J connectivity index is 1.97. The molecular formula is C18H18BrN3O3S. The smallest absolute Gasteiger partial charge is 0.267 e. The first-order chi connectivity index (χ1) is 12.2. The van der Waals surface area contributed by atoms with Crippen LogP contribution in [0.15, 0.2) is 45.8 Å². The van der Waals surface area contributed by atoms with Crippen molar-refractivity contribution in [3.8, 4) is 0 Å². The number of sulfonamides is 1. The summed E-state index contributed by atoms with van der Waals surface area (Å²) in [5.74, 6) is -0.232. The summed E-state index contributed by atoms with van der Waals surface area (Å²) in [6, 6.07) is 10.2. The fraction of sp³-hybridized carbons (Fsp3) is 0.167. The molecule has 6 nitrogen and oxygen atoms in total. The van der Waals surface area contributed by atoms with Crippen molar-refractivity contribution in [1.82, 2.24) is 10.3 Å². The van der Waals surface area contributed by atoms with Crippen molar-refractivity contribution in [3.05, 3.63) is 57.7 Å². The minimum absolute atomic E-state index is 0.232. The fourth-order valence-electron chi connectivity index (χ4n) is 2.71. The lowest BCUT2D eigenvalue weighted by Crippen LogP contribution is -2.17. The summed E-state index contributed by atoms with van der Waals surface area (Å²) in [6.07, 6.45) is 0. The molecule has 3 N–H and O–H groups in total. The van der Waals surface area contributed by atoms with Crippen LogP contribution in [0.25, 0.3) is 10.9 Å². The zero-order valence-electron chi connectivity index (χ0n) is 14.5. The first kappa shape index (κ1) is 18.5. The van der Waals surface area contributed by atoms with Crippen molar-refractivity contribution in [3.63, 3.8) is 0 Å². The van der Waals surface area contributed by atoms with E-state index in [0.717, 1.165) is 20.9 Å². The summed E-state index contributed by atoms with van der Waals surface area (Å²) in [4.78, 5) is 15.0. The molecule has 0 aliphatic rings. The van der Waals surface area contributed by atoms with Crippen molar-refractivity contribution in [1.29, 1.82) is 0 Å². The van der Waals surface area contributed by atoms with Gasteiger partial charge in [0.15, 0.2) is 0 Å². The molecule has 0 atom stereocenters. The molecular weight excluding hydrogens is 418 g/mol. The summed E-state index contributed by atoms with van der Waals surface area (Å²) < 4.78 is 29.0. The summed E-state index contributed by atoms with van der Waals surface area (Å²) in [5.41, 5.74) is 3.09. The average Bonchev–Trinajstić information content (AvgIpc) is 3.00. The number of carbonyl (C=O) groups is 1. The van der Waals surface area contributed by atoms with Crippen LogP contribution < -0.4 is 10.0 Å². The Hall–Kier alpha value is -2.32. The van der Waals surface area contributed by atoms with E-state index < -0.39 is 10.0 Å². The van der Waals surface area contributed by atoms with Gasteiger partial charge in [0.2, 0.25) is 0 Å². The van der Waals surface area contributed by atoms with E-state index in [4.69, 9.17) is 0 Å². The van der Waals surface area contributed by atoms with E-state index in [1.807, 2.05) is 6.92 Å². The average molecular weight is 436 g/mol. The van der Waals surface area contributed by atoms with Crippen molar-refractivity contribution in [2.75, 3.05) is 11.8 Å². The highest BCUT2D eigenvalue weighted by Gasteiger charge is 2.19. The second-order valence-electron chi connectivity index (χ2n) is 6.04. The van der Waals surface area contributed by atoms with Crippen molar-refractivity contribution in [2.45, 2.75) is 18.7 Å². The van der Waals surface area contributed by atoms with Gasteiger partial charge in [-0.15, -0.1) is 0 Å². The molecule has 1 aromatic heterocycles. The molecule has 0 radical (unpaired) electrons. The Morgan fingerprint density at radius 2 is 1.81 bits per heavy atom. The highest BCUT2D eigenvalue weighted by molar-refractivity contribution is 9.10. The molecule has 0 unspecified atom stereocenters. The molecule has 0 saturated carbocycles. The van der Waals surface area contributed by atoms with Gasteiger partial charge < -0.3 is 10.3 Å². The van der Waals surface area contributed by atoms with Crippen LogP contribution in [0.5, 0.6) is 0 Å². The number of benzene rings is 2. The van der Waals surface area contributed by atoms with Gasteiger partial charge in [0.25, 0.3) is 15.9 Å². The summed E-state index contributed by atoms with van der Waals surface area (Å²) >= 11 is 3.41. The number of aromatic amines is 1. The number of nitrogens with one attached hydrogen (secondary N) is 3. The van der Waals surface area contributed by atoms with E-state index in [1.165, 1.54) is 0 Å². The van der Waals surface area contributed by atoms with E-state index >= 15 is 0 Å². The van der Waals surface area contributed by atoms with Crippen LogP contribution in [0.4, 0.5) is 5.69 Å². The van der Waals surface area contributed by atoms with Gasteiger partial charge in [0.1, 0.15) is 5.69 Å². The lowest BCUT2D eigenvalue weighted by molar-refractivity contribution is 0.0959. The third kappa shape index (κ3) is 3.47. The number of halogens is 1. The molecule has 2 aromatic carbocycles. The topological polar surface area (TPSA) is 91.1 Å². The van der Waals surface area contributed by atoms with E-state index in [9.17, 15) is 13.2 Å². The molecule has 0 bridgehead atoms. The van der Waals surface area contributed by atoms with Gasteiger partial charge in [-0.25, -0.2) is 8.42 Å². The van der Waals surface area contributed by atoms with Crippen molar-refractivity contribution < 1.29 is 13.2 Å². The second-order valence-corrected chi connectivity index (χ2v) is 8.54. The molecule has 1 heterocycles. The molecule has 1 amide bonds. The molecule has 0 aliphatic heterocycles. The molecule has 0 spiro atoms. The molecule has 26 heavy (non-hydrogen) atoms. The Bertz CT molecular complexity index is 1120. The van der Waals surface area contributed by atoms with Gasteiger partial charge in [-0.3, -0.25) is 9.52 Å². The number of hydrogen-bond donors (Lipinski definition) is 3. The van der Waals surface area contributed by atoms with Crippen LogP contribution in [0.3, 0.4) is 0 Å². The zero-order valence-corrected chi connectivity index (χ0v) is 16.9. The summed E-state index contributed by atoms with van der Waals surface area (Å²) in [5, 5.41) is 3.29. The number of hydrogen-bond acceptors (Lipinski definition) is 3. The molecule has 3 aromatic rings. The van der Waals surface area contributed by atoms with Crippen LogP contribution in [0.2, 0.25) is 0 Å². The third-order valence-electron chi connectivity index (χ3n) is 4.09. The number of H-pyrrole nitrogens is 1. The minimum atomic E-state index is -3.73. The summed E-state index contributed by atoms with van der Waals surface area (Å²) in [7, 11) is -2.17. The Morgan fingerprint density at radius 1 is 1.08 bits per heavy atom. The number of amides is 1. The standard InChI is InChI=1S/C18H18BrN3O3S/c1-10-7-17(11(2)6-14(10)19)26(24,25)22-13-4-5-15-12(8-13)9-16(21-15)18(23)20-3/h4-9,21-22H,1-3H3,(H,20,23). The molecule has 0 fully saturated rings. The SMILES string of the molecule is CNC(=O)c1cc2cc(NS(=O)(=O)c3cc(C)c(Br)cc3C)ccc2[nH]1. The maximum atomic E-state index is 12.8. The molecule has 8 heteroatoms. The molecule has 0 saturated heterocycles. The monoisotopic (exact) mass is 435 g/mol. The second kappa shape index (κ2) is 6.77. The summed E-state index contributed by atoms with van der Waals surface area (Å²) in [6.45, 7) is 3.60. The molecule has 136 valence electrons. The molecule has 3 rings (SSSR count). The highest BCUT2D eigenvalue weighted by Crippen LogP contribution is 2.27. The van der Waals surface area contributed by atoms with Crippen LogP contribution in [-0.4, -0.2) is 26.4 Å². The first-order valence-corrected chi connectivity index (χ1v) is 10.1. The van der Waals surface area contributed by atoms with Gasteiger partial charge in [0, 0.05) is 28.1 Å². The normalized spacial score (nSPS) is 11.5. The van der Waals surface area contributed by atoms with Crippen molar-refractivity contribution >= 4 is 48.5 Å². The lowest BCUT2D eigenvalue weighted by atomic mass is 10.2. The quantitative estimate of drug-likeness (QED) is 0.583. The number of anilines is 1. The first-order valence-electron chi connectivity index (χ1n) is 7.85. The van der Waals surface area contributed by atoms with E-state index in [2.05, 4.69) is 31.0 Å². The van der Waals surface area contributed by atoms with Gasteiger partial charge in [-0.1, -0.05) is 15.9 Å². The van der Waals surface area contributed by atoms with Gasteiger partial charge in [-0.2, -0.15) is 0 Å².